The van der Waals surface area contributed by atoms with Crippen LogP contribution < -0.4 is 9.47 Å². The molecule has 0 aliphatic rings. The molecule has 1 heterocycles. The van der Waals surface area contributed by atoms with Crippen LogP contribution in [-0.2, 0) is 0 Å². The predicted octanol–water partition coefficient (Wildman–Crippen LogP) is 1.03. The molecule has 5 heteroatoms. The van der Waals surface area contributed by atoms with Gasteiger partial charge in [0.15, 0.2) is 5.56 Å². The Morgan fingerprint density at radius 3 is 2.64 bits per heavy atom. The molecule has 0 aliphatic carbocycles. The van der Waals surface area contributed by atoms with Gasteiger partial charge in [-0.15, -0.1) is 0 Å². The molecular weight excluding hydrogens is 164 g/mol. The summed E-state index contributed by atoms with van der Waals surface area (Å²) >= 11 is 1.11. The van der Waals surface area contributed by atoms with E-state index in [1.54, 1.807) is 0 Å². The molecule has 1 aromatic heterocycles. The molecule has 11 heavy (non-hydrogen) atoms. The lowest BCUT2D eigenvalue weighted by Gasteiger charge is -1.93. The first-order valence-electron chi connectivity index (χ1n) is 2.81. The van der Waals surface area contributed by atoms with Crippen molar-refractivity contribution < 1.29 is 9.47 Å². The van der Waals surface area contributed by atoms with Gasteiger partial charge in [0.05, 0.1) is 14.2 Å². The second kappa shape index (κ2) is 3.21. The van der Waals surface area contributed by atoms with Crippen LogP contribution in [0.1, 0.15) is 5.56 Å². The van der Waals surface area contributed by atoms with Gasteiger partial charge in [0.2, 0.25) is 10.9 Å². The van der Waals surface area contributed by atoms with E-state index in [9.17, 15) is 0 Å². The third kappa shape index (κ3) is 1.25. The molecule has 0 radical (unpaired) electrons. The molecular formula is C6H6N2O2S. The predicted molar refractivity (Wildman–Crippen MR) is 39.9 cm³/mol. The molecule has 0 saturated heterocycles. The fourth-order valence-electron chi connectivity index (χ4n) is 0.634. The maximum atomic E-state index is 8.61. The minimum atomic E-state index is 0.328. The highest BCUT2D eigenvalue weighted by molar-refractivity contribution is 7.08. The van der Waals surface area contributed by atoms with Gasteiger partial charge in [-0.25, -0.2) is 0 Å². The lowest BCUT2D eigenvalue weighted by atomic mass is 10.4. The average molecular weight is 170 g/mol. The van der Waals surface area contributed by atoms with Crippen molar-refractivity contribution in [1.82, 2.24) is 4.37 Å². The molecule has 0 saturated carbocycles. The van der Waals surface area contributed by atoms with E-state index < -0.39 is 0 Å². The lowest BCUT2D eigenvalue weighted by molar-refractivity contribution is 0.394. The van der Waals surface area contributed by atoms with Gasteiger partial charge in [-0.05, 0) is 0 Å². The Labute approximate surface area is 68.1 Å². The van der Waals surface area contributed by atoms with Crippen molar-refractivity contribution in [3.63, 3.8) is 0 Å². The number of methoxy groups -OCH3 is 2. The number of aromatic nitrogens is 1. The van der Waals surface area contributed by atoms with Crippen LogP contribution in [-0.4, -0.2) is 18.6 Å². The van der Waals surface area contributed by atoms with Crippen molar-refractivity contribution in [3.8, 4) is 17.0 Å². The highest BCUT2D eigenvalue weighted by Crippen LogP contribution is 2.30. The smallest absolute Gasteiger partial charge is 0.247 e. The quantitative estimate of drug-likeness (QED) is 0.665. The van der Waals surface area contributed by atoms with Crippen LogP contribution in [0.2, 0.25) is 0 Å². The Bertz CT molecular complexity index is 268. The van der Waals surface area contributed by atoms with E-state index in [2.05, 4.69) is 4.37 Å². The summed E-state index contributed by atoms with van der Waals surface area (Å²) in [6.45, 7) is 0. The highest BCUT2D eigenvalue weighted by Gasteiger charge is 2.13. The molecule has 0 aliphatic heterocycles. The maximum Gasteiger partial charge on any atom is 0.247 e. The Kier molecular flexibility index (Phi) is 2.28. The fourth-order valence-corrected chi connectivity index (χ4v) is 1.26. The Hall–Kier alpha value is -1.28. The van der Waals surface area contributed by atoms with Gasteiger partial charge >= 0.3 is 0 Å². The van der Waals surface area contributed by atoms with E-state index in [4.69, 9.17) is 14.7 Å². The summed E-state index contributed by atoms with van der Waals surface area (Å²) in [4.78, 5) is 0. The molecule has 0 spiro atoms. The second-order valence-corrected chi connectivity index (χ2v) is 2.41. The van der Waals surface area contributed by atoms with Crippen molar-refractivity contribution >= 4 is 11.5 Å². The topological polar surface area (TPSA) is 55.1 Å². The Morgan fingerprint density at radius 1 is 1.45 bits per heavy atom. The molecule has 0 aromatic carbocycles. The van der Waals surface area contributed by atoms with E-state index in [1.807, 2.05) is 6.07 Å². The second-order valence-electron chi connectivity index (χ2n) is 1.67. The van der Waals surface area contributed by atoms with Gasteiger partial charge in [0.1, 0.15) is 6.07 Å². The van der Waals surface area contributed by atoms with Crippen molar-refractivity contribution in [2.45, 2.75) is 0 Å². The molecule has 0 bridgehead atoms. The van der Waals surface area contributed by atoms with Gasteiger partial charge < -0.3 is 9.47 Å². The van der Waals surface area contributed by atoms with Crippen LogP contribution in [0.4, 0.5) is 0 Å². The maximum absolute atomic E-state index is 8.61. The minimum Gasteiger partial charge on any atom is -0.485 e. The first kappa shape index (κ1) is 7.82. The number of ether oxygens (including phenoxy) is 2. The first-order valence-corrected chi connectivity index (χ1v) is 3.58. The number of hydrogen-bond acceptors (Lipinski definition) is 5. The zero-order valence-electron chi connectivity index (χ0n) is 6.12. The van der Waals surface area contributed by atoms with Gasteiger partial charge in [-0.1, -0.05) is 0 Å². The lowest BCUT2D eigenvalue weighted by Crippen LogP contribution is -1.86. The number of rotatable bonds is 2. The number of hydrogen-bond donors (Lipinski definition) is 0. The van der Waals surface area contributed by atoms with Crippen molar-refractivity contribution in [2.75, 3.05) is 14.2 Å². The summed E-state index contributed by atoms with van der Waals surface area (Å²) in [5, 5.41) is 9.10. The molecule has 1 aromatic rings. The Morgan fingerprint density at radius 2 is 2.18 bits per heavy atom. The monoisotopic (exact) mass is 170 g/mol. The van der Waals surface area contributed by atoms with E-state index in [1.165, 1.54) is 14.2 Å². The third-order valence-electron chi connectivity index (χ3n) is 1.12. The summed E-state index contributed by atoms with van der Waals surface area (Å²) in [7, 11) is 2.96. The van der Waals surface area contributed by atoms with E-state index in [-0.39, 0.29) is 0 Å². The van der Waals surface area contributed by atoms with Crippen LogP contribution in [0.5, 0.6) is 10.9 Å². The fraction of sp³-hybridized carbons (Fsp3) is 0.333. The zero-order chi connectivity index (χ0) is 8.27. The normalized spacial score (nSPS) is 8.82. The van der Waals surface area contributed by atoms with Crippen molar-refractivity contribution in [2.24, 2.45) is 0 Å². The number of nitriles is 1. The molecule has 1 rings (SSSR count). The van der Waals surface area contributed by atoms with Gasteiger partial charge in [-0.2, -0.15) is 9.64 Å². The Balaban J connectivity index is 3.12. The molecule has 0 N–H and O–H groups in total. The molecule has 0 unspecified atom stereocenters. The van der Waals surface area contributed by atoms with Gasteiger partial charge in [0, 0.05) is 11.5 Å². The molecule has 58 valence electrons. The summed E-state index contributed by atoms with van der Waals surface area (Å²) in [6.07, 6.45) is 0. The molecule has 4 nitrogen and oxygen atoms in total. The van der Waals surface area contributed by atoms with Gasteiger partial charge in [-0.3, -0.25) is 0 Å². The summed E-state index contributed by atoms with van der Waals surface area (Å²) < 4.78 is 13.5. The zero-order valence-corrected chi connectivity index (χ0v) is 6.94. The largest absolute Gasteiger partial charge is 0.485 e. The van der Waals surface area contributed by atoms with Crippen LogP contribution in [0.3, 0.4) is 0 Å². The minimum absolute atomic E-state index is 0.328. The molecule has 0 atom stereocenters. The summed E-state index contributed by atoms with van der Waals surface area (Å²) in [6, 6.07) is 1.94. The van der Waals surface area contributed by atoms with Crippen molar-refractivity contribution in [3.05, 3.63) is 5.56 Å². The van der Waals surface area contributed by atoms with Crippen LogP contribution in [0.25, 0.3) is 0 Å². The van der Waals surface area contributed by atoms with E-state index in [0.29, 0.717) is 16.5 Å². The van der Waals surface area contributed by atoms with Crippen LogP contribution >= 0.6 is 11.5 Å². The first-order chi connectivity index (χ1) is 5.33. The van der Waals surface area contributed by atoms with Crippen LogP contribution in [0, 0.1) is 11.3 Å². The summed E-state index contributed by atoms with van der Waals surface area (Å²) in [5.41, 5.74) is 0.361. The van der Waals surface area contributed by atoms with Crippen LogP contribution in [0.15, 0.2) is 0 Å². The molecule has 0 amide bonds. The standard InChI is InChI=1S/C6H6N2O2S/c1-9-5-4(3-7)6(10-2)11-8-5/h1-2H3. The van der Waals surface area contributed by atoms with E-state index in [0.717, 1.165) is 11.5 Å². The van der Waals surface area contributed by atoms with Crippen molar-refractivity contribution in [1.29, 1.82) is 5.26 Å². The highest BCUT2D eigenvalue weighted by atomic mass is 32.1. The average Bonchev–Trinajstić information content (AvgIpc) is 2.45. The number of nitrogens with zero attached hydrogens (tertiary/aromatic N) is 2. The van der Waals surface area contributed by atoms with Gasteiger partial charge in [0.25, 0.3) is 0 Å². The van der Waals surface area contributed by atoms with E-state index >= 15 is 0 Å². The third-order valence-corrected chi connectivity index (χ3v) is 1.91. The molecule has 0 fully saturated rings. The summed E-state index contributed by atoms with van der Waals surface area (Å²) in [5.74, 6) is 0.328. The SMILES string of the molecule is COc1nsc(OC)c1C#N.